The zero-order chi connectivity index (χ0) is 68.0. The van der Waals surface area contributed by atoms with Crippen molar-refractivity contribution in [1.82, 2.24) is 5.32 Å². The average molecular weight is 1330 g/mol. The summed E-state index contributed by atoms with van der Waals surface area (Å²) >= 11 is 0. The SMILES string of the molecule is CC/C=C\C/C=C\C/C=C\C/C=C\C/C=C\CCCCCCCCCCCCCCCCCCCCCC(=O)NC(COC1OC(CO)C(OC2OC(CO)C(O)C(O)C2O)C(O)C1O)C(O)/C=C/CC/C=C/CC/C=C/CCCCCCCCCCCCCCCCC. The van der Waals surface area contributed by atoms with Gasteiger partial charge >= 0.3 is 0 Å². The van der Waals surface area contributed by atoms with Gasteiger partial charge in [0, 0.05) is 6.42 Å². The highest BCUT2D eigenvalue weighted by Gasteiger charge is 2.51. The molecule has 2 fully saturated rings. The van der Waals surface area contributed by atoms with Crippen LogP contribution in [0.1, 0.15) is 309 Å². The molecule has 2 saturated heterocycles. The molecule has 0 saturated carbocycles. The molecule has 2 heterocycles. The molecule has 2 aliphatic rings. The molecule has 0 spiro atoms. The van der Waals surface area contributed by atoms with Crippen molar-refractivity contribution in [3.05, 3.63) is 97.2 Å². The number of rotatable bonds is 63. The van der Waals surface area contributed by atoms with Crippen LogP contribution in [0.25, 0.3) is 0 Å². The lowest BCUT2D eigenvalue weighted by atomic mass is 9.97. The van der Waals surface area contributed by atoms with E-state index in [2.05, 4.69) is 104 Å². The number of hydrogen-bond acceptors (Lipinski definition) is 13. The fraction of sp³-hybridized carbons (Fsp3) is 0.787. The summed E-state index contributed by atoms with van der Waals surface area (Å²) in [6.45, 7) is 2.69. The maximum absolute atomic E-state index is 13.4. The average Bonchev–Trinajstić information content (AvgIpc) is 0.794. The topological polar surface area (TPSA) is 228 Å². The molecule has 14 heteroatoms. The zero-order valence-corrected chi connectivity index (χ0v) is 59.4. The third-order valence-corrected chi connectivity index (χ3v) is 18.2. The summed E-state index contributed by atoms with van der Waals surface area (Å²) in [6, 6.07) is -0.943. The smallest absolute Gasteiger partial charge is 0.220 e. The van der Waals surface area contributed by atoms with Crippen LogP contribution in [0.3, 0.4) is 0 Å². The molecule has 0 bridgehead atoms. The van der Waals surface area contributed by atoms with Gasteiger partial charge in [-0.3, -0.25) is 4.79 Å². The number of aliphatic hydroxyl groups excluding tert-OH is 8. The van der Waals surface area contributed by atoms with Gasteiger partial charge in [-0.25, -0.2) is 0 Å². The largest absolute Gasteiger partial charge is 0.394 e. The maximum atomic E-state index is 13.4. The Morgan fingerprint density at radius 2 is 0.745 bits per heavy atom. The highest BCUT2D eigenvalue weighted by Crippen LogP contribution is 2.30. The van der Waals surface area contributed by atoms with Gasteiger partial charge in [0.25, 0.3) is 0 Å². The van der Waals surface area contributed by atoms with Gasteiger partial charge in [-0.2, -0.15) is 0 Å². The minimum Gasteiger partial charge on any atom is -0.394 e. The standard InChI is InChI=1S/C80H141NO13/c1-3-5-7-9-11-13-15-17-19-21-23-25-27-29-30-31-32-33-34-35-36-37-38-40-42-44-46-48-50-52-54-56-58-60-62-64-72(85)81-68(67-91-79-77(90)75(88)78(71(66-83)93-79)94-80-76(89)74(87)73(86)70(65-82)92-80)69(84)63-61-59-57-55-53-51-49-47-45-43-41-39-28-26-24-22-20-18-16-14-12-10-8-6-4-2/h5,7,11,13,17,19,23,25,29-30,45,47,53,55,61,63,68-71,73-80,82-84,86-90H,3-4,6,8-10,12,14-16,18,20-22,24,26-28,31-44,46,48-52,54,56-60,62,64-67H2,1-2H3,(H,81,85)/b7-5-,13-11-,19-17-,25-23-,30-29-,47-45+,55-53+,63-61+. The third-order valence-electron chi connectivity index (χ3n) is 18.2. The molecule has 0 radical (unpaired) electrons. The second-order valence-corrected chi connectivity index (χ2v) is 26.7. The van der Waals surface area contributed by atoms with Crippen LogP contribution in [0.15, 0.2) is 97.2 Å². The van der Waals surface area contributed by atoms with Gasteiger partial charge in [0.05, 0.1) is 32.0 Å². The predicted octanol–water partition coefficient (Wildman–Crippen LogP) is 16.9. The molecule has 1 amide bonds. The first-order valence-corrected chi connectivity index (χ1v) is 38.5. The summed E-state index contributed by atoms with van der Waals surface area (Å²) in [4.78, 5) is 13.4. The molecular formula is C80H141NO13. The summed E-state index contributed by atoms with van der Waals surface area (Å²) in [7, 11) is 0. The van der Waals surface area contributed by atoms with E-state index in [0.717, 1.165) is 77.0 Å². The molecular weight excluding hydrogens is 1180 g/mol. The number of nitrogens with one attached hydrogen (secondary N) is 1. The van der Waals surface area contributed by atoms with E-state index < -0.39 is 86.8 Å². The maximum Gasteiger partial charge on any atom is 0.220 e. The second-order valence-electron chi connectivity index (χ2n) is 26.7. The van der Waals surface area contributed by atoms with E-state index in [0.29, 0.717) is 12.8 Å². The molecule has 544 valence electrons. The number of carbonyl (C=O) groups excluding carboxylic acids is 1. The summed E-state index contributed by atoms with van der Waals surface area (Å²) in [5.74, 6) is -0.251. The predicted molar refractivity (Wildman–Crippen MR) is 387 cm³/mol. The molecule has 0 aromatic heterocycles. The number of hydrogen-bond donors (Lipinski definition) is 9. The van der Waals surface area contributed by atoms with Gasteiger partial charge in [0.15, 0.2) is 12.6 Å². The first-order chi connectivity index (χ1) is 46.1. The lowest BCUT2D eigenvalue weighted by Gasteiger charge is -2.46. The first kappa shape index (κ1) is 87.0. The van der Waals surface area contributed by atoms with Crippen LogP contribution in [0.4, 0.5) is 0 Å². The normalized spacial score (nSPS) is 23.0. The monoisotopic (exact) mass is 1320 g/mol. The van der Waals surface area contributed by atoms with Crippen molar-refractivity contribution in [2.24, 2.45) is 0 Å². The summed E-state index contributed by atoms with van der Waals surface area (Å²) < 4.78 is 22.9. The quantitative estimate of drug-likeness (QED) is 0.0204. The molecule has 14 nitrogen and oxygen atoms in total. The Hall–Kier alpha value is -3.09. The molecule has 2 rings (SSSR count). The van der Waals surface area contributed by atoms with E-state index in [9.17, 15) is 45.6 Å². The molecule has 2 aliphatic heterocycles. The molecule has 0 aliphatic carbocycles. The van der Waals surface area contributed by atoms with Gasteiger partial charge in [0.1, 0.15) is 48.8 Å². The van der Waals surface area contributed by atoms with Crippen LogP contribution in [0, 0.1) is 0 Å². The van der Waals surface area contributed by atoms with E-state index >= 15 is 0 Å². The van der Waals surface area contributed by atoms with Gasteiger partial charge in [0.2, 0.25) is 5.91 Å². The van der Waals surface area contributed by atoms with Crippen molar-refractivity contribution in [3.63, 3.8) is 0 Å². The highest BCUT2D eigenvalue weighted by atomic mass is 16.7. The number of allylic oxidation sites excluding steroid dienone is 15. The number of carbonyl (C=O) groups is 1. The van der Waals surface area contributed by atoms with E-state index in [1.807, 2.05) is 6.08 Å². The molecule has 12 atom stereocenters. The Balaban J connectivity index is 1.64. The lowest BCUT2D eigenvalue weighted by molar-refractivity contribution is -0.359. The third kappa shape index (κ3) is 46.2. The Bertz CT molecular complexity index is 1950. The minimum absolute atomic E-state index is 0.251. The Morgan fingerprint density at radius 3 is 1.17 bits per heavy atom. The number of ether oxygens (including phenoxy) is 4. The Labute approximate surface area is 573 Å². The lowest BCUT2D eigenvalue weighted by Crippen LogP contribution is -2.65. The molecule has 9 N–H and O–H groups in total. The van der Waals surface area contributed by atoms with E-state index in [1.165, 1.54) is 199 Å². The van der Waals surface area contributed by atoms with Crippen LogP contribution in [0.5, 0.6) is 0 Å². The van der Waals surface area contributed by atoms with Crippen LogP contribution in [-0.4, -0.2) is 140 Å². The fourth-order valence-corrected chi connectivity index (χ4v) is 12.2. The Morgan fingerprint density at radius 1 is 0.394 bits per heavy atom. The number of unbranched alkanes of at least 4 members (excludes halogenated alkanes) is 36. The highest BCUT2D eigenvalue weighted by molar-refractivity contribution is 5.76. The summed E-state index contributed by atoms with van der Waals surface area (Å²) in [5.41, 5.74) is 0. The van der Waals surface area contributed by atoms with Crippen LogP contribution in [0.2, 0.25) is 0 Å². The van der Waals surface area contributed by atoms with Crippen LogP contribution in [-0.2, 0) is 23.7 Å². The second kappa shape index (κ2) is 63.4. The molecule has 94 heavy (non-hydrogen) atoms. The fourth-order valence-electron chi connectivity index (χ4n) is 12.2. The summed E-state index contributed by atoms with van der Waals surface area (Å²) in [6.07, 6.45) is 73.4. The molecule has 0 aromatic rings. The van der Waals surface area contributed by atoms with Gasteiger partial charge < -0.3 is 65.1 Å². The van der Waals surface area contributed by atoms with Crippen molar-refractivity contribution < 1.29 is 64.6 Å². The van der Waals surface area contributed by atoms with Crippen LogP contribution < -0.4 is 5.32 Å². The van der Waals surface area contributed by atoms with E-state index in [1.54, 1.807) is 6.08 Å². The Kier molecular flexibility index (Phi) is 58.6. The van der Waals surface area contributed by atoms with Crippen molar-refractivity contribution in [2.75, 3.05) is 19.8 Å². The van der Waals surface area contributed by atoms with E-state index in [-0.39, 0.29) is 18.9 Å². The van der Waals surface area contributed by atoms with Crippen molar-refractivity contribution in [2.45, 2.75) is 383 Å². The number of amides is 1. The van der Waals surface area contributed by atoms with Crippen LogP contribution >= 0.6 is 0 Å². The first-order valence-electron chi connectivity index (χ1n) is 38.5. The van der Waals surface area contributed by atoms with Gasteiger partial charge in [-0.1, -0.05) is 310 Å². The van der Waals surface area contributed by atoms with Gasteiger partial charge in [-0.15, -0.1) is 0 Å². The van der Waals surface area contributed by atoms with Crippen molar-refractivity contribution in [3.8, 4) is 0 Å². The summed E-state index contributed by atoms with van der Waals surface area (Å²) in [5, 5.41) is 87.6. The van der Waals surface area contributed by atoms with Crippen molar-refractivity contribution in [1.29, 1.82) is 0 Å². The molecule has 0 aromatic carbocycles. The van der Waals surface area contributed by atoms with Gasteiger partial charge in [-0.05, 0) is 89.9 Å². The zero-order valence-electron chi connectivity index (χ0n) is 59.4. The minimum atomic E-state index is -1.80. The number of aliphatic hydroxyl groups is 8. The van der Waals surface area contributed by atoms with Crippen molar-refractivity contribution >= 4 is 5.91 Å². The molecule has 12 unspecified atom stereocenters. The van der Waals surface area contributed by atoms with E-state index in [4.69, 9.17) is 18.9 Å².